The molecular weight excluding hydrogens is 376 g/mol. The van der Waals surface area contributed by atoms with Gasteiger partial charge in [-0.05, 0) is 18.2 Å². The smallest absolute Gasteiger partial charge is 0.293 e. The maximum Gasteiger partial charge on any atom is 0.293 e. The Balaban J connectivity index is 1.97. The van der Waals surface area contributed by atoms with Gasteiger partial charge in [0.25, 0.3) is 5.91 Å². The summed E-state index contributed by atoms with van der Waals surface area (Å²) in [6, 6.07) is 9.90. The SMILES string of the molecule is COc1ccc(Br)cc1[C@H]1[C@]2(C#N)C(N)=NC3(OCCO3)[C@]12C#N. The topological polar surface area (TPSA) is 114 Å². The van der Waals surface area contributed by atoms with Crippen LogP contribution in [0.15, 0.2) is 27.7 Å². The zero-order valence-corrected chi connectivity index (χ0v) is 14.3. The lowest BCUT2D eigenvalue weighted by Crippen LogP contribution is -2.38. The van der Waals surface area contributed by atoms with Crippen molar-refractivity contribution in [2.75, 3.05) is 20.3 Å². The number of benzene rings is 1. The van der Waals surface area contributed by atoms with Gasteiger partial charge in [-0.2, -0.15) is 10.5 Å². The number of nitrogens with two attached hydrogens (primary N) is 1. The predicted molar refractivity (Wildman–Crippen MR) is 85.8 cm³/mol. The highest BCUT2D eigenvalue weighted by Gasteiger charge is 2.94. The fraction of sp³-hybridized carbons (Fsp3) is 0.438. The largest absolute Gasteiger partial charge is 0.496 e. The molecular formula is C16H13BrN4O3. The van der Waals surface area contributed by atoms with Crippen LogP contribution >= 0.6 is 15.9 Å². The number of ether oxygens (including phenoxy) is 3. The van der Waals surface area contributed by atoms with Crippen LogP contribution in [0.3, 0.4) is 0 Å². The second kappa shape index (κ2) is 4.70. The zero-order chi connectivity index (χ0) is 17.2. The van der Waals surface area contributed by atoms with Gasteiger partial charge in [-0.15, -0.1) is 0 Å². The lowest BCUT2D eigenvalue weighted by molar-refractivity contribution is -0.184. The molecule has 2 heterocycles. The molecule has 7 nitrogen and oxygen atoms in total. The maximum absolute atomic E-state index is 10.0. The van der Waals surface area contributed by atoms with E-state index >= 15 is 0 Å². The summed E-state index contributed by atoms with van der Waals surface area (Å²) in [5.74, 6) is -1.44. The number of aliphatic imine (C=N–C) groups is 1. The van der Waals surface area contributed by atoms with Crippen LogP contribution in [0.5, 0.6) is 5.75 Å². The first-order valence-corrected chi connectivity index (χ1v) is 8.12. The molecule has 4 rings (SSSR count). The van der Waals surface area contributed by atoms with Crippen LogP contribution in [0.2, 0.25) is 0 Å². The molecule has 2 N–H and O–H groups in total. The van der Waals surface area contributed by atoms with Crippen molar-refractivity contribution in [3.05, 3.63) is 28.2 Å². The van der Waals surface area contributed by atoms with E-state index in [2.05, 4.69) is 33.1 Å². The van der Waals surface area contributed by atoms with E-state index in [-0.39, 0.29) is 5.84 Å². The summed E-state index contributed by atoms with van der Waals surface area (Å²) in [5, 5.41) is 19.9. The van der Waals surface area contributed by atoms with Gasteiger partial charge in [-0.1, -0.05) is 15.9 Å². The Labute approximate surface area is 146 Å². The normalized spacial score (nSPS) is 35.0. The molecule has 1 spiro atoms. The summed E-state index contributed by atoms with van der Waals surface area (Å²) in [7, 11) is 1.54. The van der Waals surface area contributed by atoms with Crippen LogP contribution in [0, 0.1) is 33.5 Å². The number of nitrogens with zero attached hydrogens (tertiary/aromatic N) is 3. The molecule has 122 valence electrons. The first-order chi connectivity index (χ1) is 11.5. The summed E-state index contributed by atoms with van der Waals surface area (Å²) < 4.78 is 17.6. The average molecular weight is 389 g/mol. The molecule has 0 radical (unpaired) electrons. The second-order valence-electron chi connectivity index (χ2n) is 5.93. The number of methoxy groups -OCH3 is 1. The Morgan fingerprint density at radius 2 is 2.04 bits per heavy atom. The standard InChI is InChI=1S/C16H13BrN4O3/c1-22-11-3-2-9(17)6-10(11)12-14(7-18)13(20)21-16(15(12,14)8-19)23-4-5-24-16/h2-3,6,12H,4-5H2,1H3,(H2,20,21)/t12-,14+,15+/m0/s1. The molecule has 24 heavy (non-hydrogen) atoms. The highest BCUT2D eigenvalue weighted by molar-refractivity contribution is 9.10. The van der Waals surface area contributed by atoms with Gasteiger partial charge in [0.05, 0.1) is 32.5 Å². The van der Waals surface area contributed by atoms with E-state index in [4.69, 9.17) is 19.9 Å². The van der Waals surface area contributed by atoms with Gasteiger partial charge in [0.1, 0.15) is 17.0 Å². The molecule has 3 atom stereocenters. The number of halogens is 1. The highest BCUT2D eigenvalue weighted by atomic mass is 79.9. The number of hydrogen-bond acceptors (Lipinski definition) is 7. The van der Waals surface area contributed by atoms with Crippen molar-refractivity contribution in [2.45, 2.75) is 11.8 Å². The molecule has 8 heteroatoms. The third-order valence-electron chi connectivity index (χ3n) is 5.11. The van der Waals surface area contributed by atoms with Crippen molar-refractivity contribution in [1.29, 1.82) is 10.5 Å². The molecule has 0 aromatic heterocycles. The Bertz CT molecular complexity index is 852. The summed E-state index contributed by atoms with van der Waals surface area (Å²) in [4.78, 5) is 4.24. The maximum atomic E-state index is 10.0. The van der Waals surface area contributed by atoms with Gasteiger partial charge in [0, 0.05) is 16.0 Å². The fourth-order valence-corrected chi connectivity index (χ4v) is 4.49. The highest BCUT2D eigenvalue weighted by Crippen LogP contribution is 2.83. The average Bonchev–Trinajstić information content (AvgIpc) is 2.83. The van der Waals surface area contributed by atoms with Crippen molar-refractivity contribution in [3.63, 3.8) is 0 Å². The lowest BCUT2D eigenvalue weighted by atomic mass is 9.94. The Hall–Kier alpha value is -2.13. The van der Waals surface area contributed by atoms with E-state index in [1.54, 1.807) is 13.2 Å². The summed E-state index contributed by atoms with van der Waals surface area (Å²) in [5.41, 5.74) is 4.18. The van der Waals surface area contributed by atoms with Crippen LogP contribution in [0.1, 0.15) is 11.5 Å². The van der Waals surface area contributed by atoms with Crippen molar-refractivity contribution in [1.82, 2.24) is 0 Å². The van der Waals surface area contributed by atoms with Gasteiger partial charge < -0.3 is 19.9 Å². The Morgan fingerprint density at radius 3 is 2.62 bits per heavy atom. The molecule has 0 amide bonds. The molecule has 1 aromatic rings. The fourth-order valence-electron chi connectivity index (χ4n) is 4.12. The van der Waals surface area contributed by atoms with Crippen LogP contribution in [0.4, 0.5) is 0 Å². The van der Waals surface area contributed by atoms with Crippen molar-refractivity contribution in [2.24, 2.45) is 21.6 Å². The van der Waals surface area contributed by atoms with Gasteiger partial charge in [0.15, 0.2) is 5.41 Å². The molecule has 1 saturated heterocycles. The third-order valence-corrected chi connectivity index (χ3v) is 5.60. The van der Waals surface area contributed by atoms with Gasteiger partial charge >= 0.3 is 0 Å². The van der Waals surface area contributed by atoms with Gasteiger partial charge in [-0.3, -0.25) is 0 Å². The van der Waals surface area contributed by atoms with Crippen molar-refractivity contribution in [3.8, 4) is 17.9 Å². The molecule has 0 unspecified atom stereocenters. The van der Waals surface area contributed by atoms with Crippen molar-refractivity contribution >= 4 is 21.8 Å². The summed E-state index contributed by atoms with van der Waals surface area (Å²) in [6.45, 7) is 0.591. The molecule has 3 aliphatic rings. The quantitative estimate of drug-likeness (QED) is 0.823. The number of amidine groups is 1. The monoisotopic (exact) mass is 388 g/mol. The van der Waals surface area contributed by atoms with E-state index in [9.17, 15) is 10.5 Å². The van der Waals surface area contributed by atoms with Crippen LogP contribution in [-0.4, -0.2) is 32.1 Å². The number of hydrogen-bond donors (Lipinski definition) is 1. The van der Waals surface area contributed by atoms with Gasteiger partial charge in [-0.25, -0.2) is 4.99 Å². The molecule has 2 fully saturated rings. The third kappa shape index (κ3) is 1.41. The Morgan fingerprint density at radius 1 is 1.33 bits per heavy atom. The molecule has 2 aliphatic heterocycles. The summed E-state index contributed by atoms with van der Waals surface area (Å²) in [6.07, 6.45) is 0. The van der Waals surface area contributed by atoms with Crippen LogP contribution in [0.25, 0.3) is 0 Å². The first kappa shape index (κ1) is 15.4. The number of nitriles is 2. The molecule has 1 aromatic carbocycles. The first-order valence-electron chi connectivity index (χ1n) is 7.32. The van der Waals surface area contributed by atoms with E-state index < -0.39 is 22.7 Å². The molecule has 0 bridgehead atoms. The van der Waals surface area contributed by atoms with E-state index in [0.29, 0.717) is 24.5 Å². The number of rotatable bonds is 2. The van der Waals surface area contributed by atoms with Crippen LogP contribution < -0.4 is 10.5 Å². The Kier molecular flexibility index (Phi) is 3.02. The second-order valence-corrected chi connectivity index (χ2v) is 6.85. The van der Waals surface area contributed by atoms with E-state index in [1.807, 2.05) is 12.1 Å². The zero-order valence-electron chi connectivity index (χ0n) is 12.7. The summed E-state index contributed by atoms with van der Waals surface area (Å²) >= 11 is 3.43. The number of fused-ring (bicyclic) bond motifs is 2. The minimum absolute atomic E-state index is 0.0699. The molecule has 1 aliphatic carbocycles. The van der Waals surface area contributed by atoms with Crippen molar-refractivity contribution < 1.29 is 14.2 Å². The van der Waals surface area contributed by atoms with E-state index in [0.717, 1.165) is 4.47 Å². The minimum atomic E-state index is -1.53. The van der Waals surface area contributed by atoms with E-state index in [1.165, 1.54) is 0 Å². The van der Waals surface area contributed by atoms with Crippen LogP contribution in [-0.2, 0) is 9.47 Å². The molecule has 1 saturated carbocycles. The van der Waals surface area contributed by atoms with Gasteiger partial charge in [0.2, 0.25) is 0 Å². The minimum Gasteiger partial charge on any atom is -0.496 e. The predicted octanol–water partition coefficient (Wildman–Crippen LogP) is 1.65. The lowest BCUT2D eigenvalue weighted by Gasteiger charge is -2.26.